The molecule has 0 saturated heterocycles. The minimum Gasteiger partial charge on any atom is -0.466 e. The predicted octanol–water partition coefficient (Wildman–Crippen LogP) is 6.92. The first-order chi connectivity index (χ1) is 20.4. The minimum atomic E-state index is -3.99. The molecule has 7 nitrogen and oxygen atoms in total. The van der Waals surface area contributed by atoms with Crippen molar-refractivity contribution < 1.29 is 31.3 Å². The van der Waals surface area contributed by atoms with Gasteiger partial charge in [-0.05, 0) is 111 Å². The van der Waals surface area contributed by atoms with E-state index in [2.05, 4.69) is 37.5 Å². The van der Waals surface area contributed by atoms with Crippen LogP contribution in [0.5, 0.6) is 0 Å². The van der Waals surface area contributed by atoms with Crippen molar-refractivity contribution in [2.75, 3.05) is 12.9 Å². The standard InChI is InChI=1S/C34H44FNO6S/c1-7-10-11-12-14-25-19-26(24-15-16-24)17-22(4)32(25)27-18-23(5)33(35)28(20-27)29(21-31(37)41-9-3)36-34(38)30(13-8-2)42-43(6,39)40/h7-8,17-20,24,29-30H,1-2,9-16,21H2,3-6H3,(H,36,38)/t29-,30+/m0/s1. The van der Waals surface area contributed by atoms with E-state index in [4.69, 9.17) is 8.92 Å². The van der Waals surface area contributed by atoms with Gasteiger partial charge in [0, 0.05) is 12.0 Å². The van der Waals surface area contributed by atoms with Crippen LogP contribution in [0.3, 0.4) is 0 Å². The number of carbonyl (C=O) groups excluding carboxylic acids is 2. The first-order valence-corrected chi connectivity index (χ1v) is 16.7. The summed E-state index contributed by atoms with van der Waals surface area (Å²) in [5.41, 5.74) is 5.85. The van der Waals surface area contributed by atoms with E-state index in [-0.39, 0.29) is 25.0 Å². The Hall–Kier alpha value is -3.30. The minimum absolute atomic E-state index is 0.103. The molecule has 0 bridgehead atoms. The van der Waals surface area contributed by atoms with E-state index in [9.17, 15) is 18.0 Å². The molecule has 1 saturated carbocycles. The zero-order chi connectivity index (χ0) is 31.7. The molecule has 2 aromatic rings. The van der Waals surface area contributed by atoms with Gasteiger partial charge in [0.25, 0.3) is 16.0 Å². The lowest BCUT2D eigenvalue weighted by molar-refractivity contribution is -0.144. The number of hydrogen-bond donors (Lipinski definition) is 1. The summed E-state index contributed by atoms with van der Waals surface area (Å²) in [6.07, 6.45) is 8.36. The summed E-state index contributed by atoms with van der Waals surface area (Å²) in [5, 5.41) is 2.66. The monoisotopic (exact) mass is 613 g/mol. The van der Waals surface area contributed by atoms with Crippen molar-refractivity contribution in [1.82, 2.24) is 5.32 Å². The van der Waals surface area contributed by atoms with Gasteiger partial charge in [-0.15, -0.1) is 13.2 Å². The number of halogens is 1. The quantitative estimate of drug-likeness (QED) is 0.0901. The smallest absolute Gasteiger partial charge is 0.308 e. The molecule has 1 N–H and O–H groups in total. The molecule has 234 valence electrons. The van der Waals surface area contributed by atoms with E-state index in [0.29, 0.717) is 11.5 Å². The number of benzene rings is 2. The van der Waals surface area contributed by atoms with Crippen LogP contribution in [0, 0.1) is 19.7 Å². The molecular weight excluding hydrogens is 569 g/mol. The van der Waals surface area contributed by atoms with Crippen LogP contribution in [0.15, 0.2) is 49.6 Å². The largest absolute Gasteiger partial charge is 0.466 e. The van der Waals surface area contributed by atoms with E-state index in [0.717, 1.165) is 48.6 Å². The summed E-state index contributed by atoms with van der Waals surface area (Å²) in [5.74, 6) is -1.43. The van der Waals surface area contributed by atoms with Gasteiger partial charge in [-0.2, -0.15) is 8.42 Å². The van der Waals surface area contributed by atoms with Crippen LogP contribution in [0.1, 0.15) is 91.6 Å². The lowest BCUT2D eigenvalue weighted by atomic mass is 9.86. The van der Waals surface area contributed by atoms with E-state index in [1.807, 2.05) is 6.08 Å². The highest BCUT2D eigenvalue weighted by Gasteiger charge is 2.30. The summed E-state index contributed by atoms with van der Waals surface area (Å²) >= 11 is 0. The number of rotatable bonds is 17. The Morgan fingerprint density at radius 3 is 2.42 bits per heavy atom. The highest BCUT2D eigenvalue weighted by atomic mass is 32.2. The number of carbonyl (C=O) groups is 2. The maximum absolute atomic E-state index is 15.9. The molecule has 0 unspecified atom stereocenters. The van der Waals surface area contributed by atoms with Gasteiger partial charge < -0.3 is 10.1 Å². The Morgan fingerprint density at radius 1 is 1.09 bits per heavy atom. The van der Waals surface area contributed by atoms with Gasteiger partial charge in [0.2, 0.25) is 0 Å². The average molecular weight is 614 g/mol. The van der Waals surface area contributed by atoms with Gasteiger partial charge >= 0.3 is 5.97 Å². The van der Waals surface area contributed by atoms with Gasteiger partial charge in [0.05, 0.1) is 25.3 Å². The van der Waals surface area contributed by atoms with Crippen molar-refractivity contribution in [3.05, 3.63) is 83.2 Å². The number of esters is 1. The van der Waals surface area contributed by atoms with Gasteiger partial charge in [0.1, 0.15) is 5.82 Å². The summed E-state index contributed by atoms with van der Waals surface area (Å²) in [6, 6.07) is 6.81. The Morgan fingerprint density at radius 2 is 1.81 bits per heavy atom. The molecule has 0 heterocycles. The van der Waals surface area contributed by atoms with E-state index in [1.165, 1.54) is 30.0 Å². The molecule has 3 rings (SSSR count). The molecule has 2 aromatic carbocycles. The number of amides is 1. The van der Waals surface area contributed by atoms with Crippen LogP contribution in [0.2, 0.25) is 0 Å². The third kappa shape index (κ3) is 9.86. The molecule has 1 aliphatic carbocycles. The SMILES string of the molecule is C=CCCCCc1cc(C2CC2)cc(C)c1-c1cc(C)c(F)c([C@H](CC(=O)OCC)NC(=O)[C@@H](CC=C)OS(C)(=O)=O)c1. The molecule has 9 heteroatoms. The van der Waals surface area contributed by atoms with Crippen molar-refractivity contribution in [2.45, 2.75) is 90.2 Å². The molecule has 0 aromatic heterocycles. The molecule has 0 aliphatic heterocycles. The maximum Gasteiger partial charge on any atom is 0.308 e. The number of unbranched alkanes of at least 4 members (excludes halogenated alkanes) is 2. The molecule has 0 spiro atoms. The second-order valence-corrected chi connectivity index (χ2v) is 12.9. The molecular formula is C34H44FNO6S. The molecule has 43 heavy (non-hydrogen) atoms. The van der Waals surface area contributed by atoms with Crippen molar-refractivity contribution >= 4 is 22.0 Å². The van der Waals surface area contributed by atoms with Crippen molar-refractivity contribution in [3.63, 3.8) is 0 Å². The van der Waals surface area contributed by atoms with E-state index >= 15 is 4.39 Å². The summed E-state index contributed by atoms with van der Waals surface area (Å²) < 4.78 is 49.6. The van der Waals surface area contributed by atoms with Crippen LogP contribution in [-0.4, -0.2) is 39.3 Å². The third-order valence-corrected chi connectivity index (χ3v) is 8.08. The first-order valence-electron chi connectivity index (χ1n) is 14.9. The number of aryl methyl sites for hydroxylation is 3. The summed E-state index contributed by atoms with van der Waals surface area (Å²) in [4.78, 5) is 25.9. The second kappa shape index (κ2) is 15.4. The summed E-state index contributed by atoms with van der Waals surface area (Å²) in [7, 11) is -3.99. The Bertz CT molecular complexity index is 1450. The van der Waals surface area contributed by atoms with Crippen LogP contribution in [0.25, 0.3) is 11.1 Å². The average Bonchev–Trinajstić information content (AvgIpc) is 3.77. The van der Waals surface area contributed by atoms with Gasteiger partial charge in [-0.1, -0.05) is 24.3 Å². The fourth-order valence-electron chi connectivity index (χ4n) is 5.39. The van der Waals surface area contributed by atoms with Crippen LogP contribution < -0.4 is 5.32 Å². The summed E-state index contributed by atoms with van der Waals surface area (Å²) in [6.45, 7) is 12.9. The lowest BCUT2D eigenvalue weighted by Gasteiger charge is -2.24. The van der Waals surface area contributed by atoms with Gasteiger partial charge in [-0.25, -0.2) is 4.39 Å². The first kappa shape index (κ1) is 34.2. The van der Waals surface area contributed by atoms with E-state index < -0.39 is 40.0 Å². The molecule has 2 atom stereocenters. The predicted molar refractivity (Wildman–Crippen MR) is 168 cm³/mol. The van der Waals surface area contributed by atoms with Crippen molar-refractivity contribution in [2.24, 2.45) is 0 Å². The number of allylic oxidation sites excluding steroid dienone is 1. The van der Waals surface area contributed by atoms with Crippen LogP contribution >= 0.6 is 0 Å². The normalized spacial score (nSPS) is 14.5. The lowest BCUT2D eigenvalue weighted by Crippen LogP contribution is -2.40. The van der Waals surface area contributed by atoms with Crippen molar-refractivity contribution in [1.29, 1.82) is 0 Å². The molecule has 1 fully saturated rings. The van der Waals surface area contributed by atoms with Gasteiger partial charge in [-0.3, -0.25) is 13.8 Å². The topological polar surface area (TPSA) is 98.8 Å². The number of nitrogens with one attached hydrogen (secondary N) is 1. The maximum atomic E-state index is 15.9. The number of hydrogen-bond acceptors (Lipinski definition) is 6. The number of ether oxygens (including phenoxy) is 1. The zero-order valence-electron chi connectivity index (χ0n) is 25.7. The second-order valence-electron chi connectivity index (χ2n) is 11.3. The highest BCUT2D eigenvalue weighted by Crippen LogP contribution is 2.43. The molecule has 0 radical (unpaired) electrons. The molecule has 1 aliphatic rings. The van der Waals surface area contributed by atoms with Gasteiger partial charge in [0.15, 0.2) is 6.10 Å². The Labute approximate surface area is 255 Å². The Balaban J connectivity index is 2.10. The van der Waals surface area contributed by atoms with Crippen LogP contribution in [0.4, 0.5) is 4.39 Å². The van der Waals surface area contributed by atoms with E-state index in [1.54, 1.807) is 26.0 Å². The highest BCUT2D eigenvalue weighted by molar-refractivity contribution is 7.86. The fourth-order valence-corrected chi connectivity index (χ4v) is 5.98. The Kier molecular flexibility index (Phi) is 12.3. The zero-order valence-corrected chi connectivity index (χ0v) is 26.5. The third-order valence-electron chi connectivity index (χ3n) is 7.50. The fraction of sp³-hybridized carbons (Fsp3) is 0.471. The van der Waals surface area contributed by atoms with Crippen LogP contribution in [-0.2, 0) is 35.0 Å². The molecule has 1 amide bonds. The van der Waals surface area contributed by atoms with Crippen molar-refractivity contribution in [3.8, 4) is 11.1 Å².